The lowest BCUT2D eigenvalue weighted by Crippen LogP contribution is -2.05. The molecule has 3 nitrogen and oxygen atoms in total. The van der Waals surface area contributed by atoms with Crippen LogP contribution in [-0.4, -0.2) is 16.5 Å². The molecule has 1 N–H and O–H groups in total. The first kappa shape index (κ1) is 8.41. The van der Waals surface area contributed by atoms with E-state index >= 15 is 0 Å². The second-order valence-electron chi connectivity index (χ2n) is 3.38. The zero-order valence-corrected chi connectivity index (χ0v) is 7.33. The molecule has 0 radical (unpaired) electrons. The zero-order chi connectivity index (χ0) is 9.10. The van der Waals surface area contributed by atoms with Crippen molar-refractivity contribution in [2.24, 2.45) is 5.92 Å². The molecule has 1 heterocycles. The fourth-order valence-corrected chi connectivity index (χ4v) is 1.20. The SMILES string of the molecule is Fc1cnc(NCCC2CC2)nc1. The van der Waals surface area contributed by atoms with Gasteiger partial charge in [0.2, 0.25) is 5.95 Å². The van der Waals surface area contributed by atoms with Crippen LogP contribution in [0.3, 0.4) is 0 Å². The van der Waals surface area contributed by atoms with E-state index in [-0.39, 0.29) is 0 Å². The Bertz CT molecular complexity index is 269. The number of halogens is 1. The molecule has 1 aliphatic carbocycles. The lowest BCUT2D eigenvalue weighted by molar-refractivity contribution is 0.613. The number of hydrogen-bond acceptors (Lipinski definition) is 3. The van der Waals surface area contributed by atoms with Crippen molar-refractivity contribution in [3.8, 4) is 0 Å². The van der Waals surface area contributed by atoms with E-state index in [1.807, 2.05) is 0 Å². The largest absolute Gasteiger partial charge is 0.354 e. The molecule has 4 heteroatoms. The minimum Gasteiger partial charge on any atom is -0.354 e. The van der Waals surface area contributed by atoms with Crippen LogP contribution in [0.2, 0.25) is 0 Å². The summed E-state index contributed by atoms with van der Waals surface area (Å²) in [5.41, 5.74) is 0. The number of nitrogens with one attached hydrogen (secondary N) is 1. The molecule has 70 valence electrons. The third kappa shape index (κ3) is 2.65. The third-order valence-corrected chi connectivity index (χ3v) is 2.15. The quantitative estimate of drug-likeness (QED) is 0.770. The van der Waals surface area contributed by atoms with Crippen LogP contribution in [0.25, 0.3) is 0 Å². The molecular formula is C9H12FN3. The normalized spacial score (nSPS) is 15.8. The van der Waals surface area contributed by atoms with Crippen LogP contribution in [0.4, 0.5) is 10.3 Å². The summed E-state index contributed by atoms with van der Waals surface area (Å²) in [6.07, 6.45) is 6.22. The van der Waals surface area contributed by atoms with E-state index in [0.29, 0.717) is 5.95 Å². The van der Waals surface area contributed by atoms with E-state index in [1.54, 1.807) is 0 Å². The van der Waals surface area contributed by atoms with Gasteiger partial charge in [-0.05, 0) is 12.3 Å². The third-order valence-electron chi connectivity index (χ3n) is 2.15. The Morgan fingerprint density at radius 2 is 2.08 bits per heavy atom. The monoisotopic (exact) mass is 181 g/mol. The van der Waals surface area contributed by atoms with E-state index in [9.17, 15) is 4.39 Å². The van der Waals surface area contributed by atoms with E-state index in [4.69, 9.17) is 0 Å². The lowest BCUT2D eigenvalue weighted by atomic mass is 10.3. The summed E-state index contributed by atoms with van der Waals surface area (Å²) in [5.74, 6) is 1.02. The van der Waals surface area contributed by atoms with E-state index in [0.717, 1.165) is 12.5 Å². The molecule has 1 aliphatic rings. The predicted octanol–water partition coefficient (Wildman–Crippen LogP) is 1.83. The summed E-state index contributed by atoms with van der Waals surface area (Å²) >= 11 is 0. The number of aromatic nitrogens is 2. The van der Waals surface area contributed by atoms with Gasteiger partial charge in [-0.25, -0.2) is 14.4 Å². The van der Waals surface area contributed by atoms with Gasteiger partial charge in [0.15, 0.2) is 5.82 Å². The second-order valence-corrected chi connectivity index (χ2v) is 3.38. The van der Waals surface area contributed by atoms with Crippen LogP contribution in [0.5, 0.6) is 0 Å². The highest BCUT2D eigenvalue weighted by molar-refractivity contribution is 5.22. The van der Waals surface area contributed by atoms with E-state index in [1.165, 1.54) is 31.7 Å². The maximum absolute atomic E-state index is 12.4. The molecule has 13 heavy (non-hydrogen) atoms. The first-order chi connectivity index (χ1) is 6.34. The number of anilines is 1. The molecule has 0 atom stereocenters. The van der Waals surface area contributed by atoms with E-state index < -0.39 is 5.82 Å². The van der Waals surface area contributed by atoms with Gasteiger partial charge in [-0.2, -0.15) is 0 Å². The molecule has 0 aromatic carbocycles. The summed E-state index contributed by atoms with van der Waals surface area (Å²) in [6.45, 7) is 0.885. The number of hydrogen-bond donors (Lipinski definition) is 1. The maximum Gasteiger partial charge on any atom is 0.222 e. The Balaban J connectivity index is 1.76. The molecule has 1 saturated carbocycles. The molecule has 0 unspecified atom stereocenters. The summed E-state index contributed by atoms with van der Waals surface area (Å²) in [7, 11) is 0. The van der Waals surface area contributed by atoms with Crippen molar-refractivity contribution in [1.82, 2.24) is 9.97 Å². The zero-order valence-electron chi connectivity index (χ0n) is 7.33. The van der Waals surface area contributed by atoms with Crippen LogP contribution >= 0.6 is 0 Å². The standard InChI is InChI=1S/C9H12FN3/c10-8-5-12-9(13-6-8)11-4-3-7-1-2-7/h5-7H,1-4H2,(H,11,12,13). The molecule has 1 aromatic heterocycles. The van der Waals surface area contributed by atoms with Crippen LogP contribution in [0, 0.1) is 11.7 Å². The van der Waals surface area contributed by atoms with Gasteiger partial charge in [0.1, 0.15) is 0 Å². The fourth-order valence-electron chi connectivity index (χ4n) is 1.20. The summed E-state index contributed by atoms with van der Waals surface area (Å²) in [5, 5.41) is 3.05. The van der Waals surface area contributed by atoms with Crippen molar-refractivity contribution in [3.63, 3.8) is 0 Å². The topological polar surface area (TPSA) is 37.8 Å². The van der Waals surface area contributed by atoms with Gasteiger partial charge in [0.25, 0.3) is 0 Å². The highest BCUT2D eigenvalue weighted by atomic mass is 19.1. The van der Waals surface area contributed by atoms with Gasteiger partial charge in [0, 0.05) is 6.54 Å². The fraction of sp³-hybridized carbons (Fsp3) is 0.556. The highest BCUT2D eigenvalue weighted by Gasteiger charge is 2.20. The highest BCUT2D eigenvalue weighted by Crippen LogP contribution is 2.31. The first-order valence-electron chi connectivity index (χ1n) is 4.56. The van der Waals surface area contributed by atoms with Gasteiger partial charge in [-0.3, -0.25) is 0 Å². The van der Waals surface area contributed by atoms with Gasteiger partial charge in [-0.15, -0.1) is 0 Å². The van der Waals surface area contributed by atoms with Crippen molar-refractivity contribution in [2.75, 3.05) is 11.9 Å². The van der Waals surface area contributed by atoms with Gasteiger partial charge in [-0.1, -0.05) is 12.8 Å². The average molecular weight is 181 g/mol. The van der Waals surface area contributed by atoms with Crippen LogP contribution in [0.15, 0.2) is 12.4 Å². The molecule has 0 bridgehead atoms. The molecule has 1 aromatic rings. The Morgan fingerprint density at radius 1 is 1.38 bits per heavy atom. The molecule has 2 rings (SSSR count). The maximum atomic E-state index is 12.4. The molecular weight excluding hydrogens is 169 g/mol. The number of rotatable bonds is 4. The lowest BCUT2D eigenvalue weighted by Gasteiger charge is -2.02. The van der Waals surface area contributed by atoms with Crippen LogP contribution in [0.1, 0.15) is 19.3 Å². The average Bonchev–Trinajstić information content (AvgIpc) is 2.92. The molecule has 0 aliphatic heterocycles. The summed E-state index contributed by atoms with van der Waals surface area (Å²) in [4.78, 5) is 7.60. The minimum atomic E-state index is -0.396. The molecule has 0 saturated heterocycles. The van der Waals surface area contributed by atoms with Crippen molar-refractivity contribution in [3.05, 3.63) is 18.2 Å². The van der Waals surface area contributed by atoms with Crippen molar-refractivity contribution >= 4 is 5.95 Å². The second kappa shape index (κ2) is 3.68. The van der Waals surface area contributed by atoms with Gasteiger partial charge >= 0.3 is 0 Å². The smallest absolute Gasteiger partial charge is 0.222 e. The summed E-state index contributed by atoms with van der Waals surface area (Å²) < 4.78 is 12.4. The van der Waals surface area contributed by atoms with Crippen LogP contribution in [-0.2, 0) is 0 Å². The first-order valence-corrected chi connectivity index (χ1v) is 4.56. The Morgan fingerprint density at radius 3 is 2.69 bits per heavy atom. The van der Waals surface area contributed by atoms with Crippen molar-refractivity contribution in [1.29, 1.82) is 0 Å². The van der Waals surface area contributed by atoms with Crippen molar-refractivity contribution in [2.45, 2.75) is 19.3 Å². The van der Waals surface area contributed by atoms with Crippen LogP contribution < -0.4 is 5.32 Å². The molecule has 0 amide bonds. The minimum absolute atomic E-state index is 0.396. The van der Waals surface area contributed by atoms with E-state index in [2.05, 4.69) is 15.3 Å². The Hall–Kier alpha value is -1.19. The van der Waals surface area contributed by atoms with Gasteiger partial charge < -0.3 is 5.32 Å². The summed E-state index contributed by atoms with van der Waals surface area (Å²) in [6, 6.07) is 0. The predicted molar refractivity (Wildman–Crippen MR) is 47.8 cm³/mol. The number of nitrogens with zero attached hydrogens (tertiary/aromatic N) is 2. The van der Waals surface area contributed by atoms with Gasteiger partial charge in [0.05, 0.1) is 12.4 Å². The van der Waals surface area contributed by atoms with Crippen molar-refractivity contribution < 1.29 is 4.39 Å². The Labute approximate surface area is 76.4 Å². The molecule has 0 spiro atoms. The Kier molecular flexibility index (Phi) is 2.38. The molecule has 1 fully saturated rings.